The lowest BCUT2D eigenvalue weighted by Crippen LogP contribution is -2.40. The third kappa shape index (κ3) is 11.3. The Morgan fingerprint density at radius 3 is 2.58 bits per heavy atom. The van der Waals surface area contributed by atoms with E-state index in [-0.39, 0.29) is 17.1 Å². The van der Waals surface area contributed by atoms with Crippen LogP contribution in [0.3, 0.4) is 0 Å². The minimum Gasteiger partial charge on any atom is -0.355 e. The standard InChI is InChI=1S/C13H26N2O2S2/c1-2-3-5-8-11(14)13(17)15-10-7-4-6-9-12(16)19-18/h11,18H,2-10,14H2,1H3,(H,15,17). The fourth-order valence-corrected chi connectivity index (χ4v) is 2.21. The van der Waals surface area contributed by atoms with Crippen molar-refractivity contribution in [3.8, 4) is 0 Å². The Kier molecular flexibility index (Phi) is 12.7. The molecule has 0 heterocycles. The van der Waals surface area contributed by atoms with E-state index < -0.39 is 0 Å². The quantitative estimate of drug-likeness (QED) is 0.312. The van der Waals surface area contributed by atoms with Crippen LogP contribution in [0.4, 0.5) is 0 Å². The van der Waals surface area contributed by atoms with Gasteiger partial charge in [0.2, 0.25) is 5.91 Å². The van der Waals surface area contributed by atoms with Crippen LogP contribution < -0.4 is 11.1 Å². The molecule has 0 radical (unpaired) electrons. The Hall–Kier alpha value is -0.200. The highest BCUT2D eigenvalue weighted by atomic mass is 33.1. The molecule has 3 N–H and O–H groups in total. The van der Waals surface area contributed by atoms with Gasteiger partial charge in [-0.1, -0.05) is 32.6 Å². The third-order valence-corrected chi connectivity index (χ3v) is 3.93. The second-order valence-electron chi connectivity index (χ2n) is 4.67. The molecule has 1 atom stereocenters. The van der Waals surface area contributed by atoms with Crippen LogP contribution in [0, 0.1) is 0 Å². The first-order chi connectivity index (χ1) is 9.11. The highest BCUT2D eigenvalue weighted by Gasteiger charge is 2.11. The number of thiol groups is 1. The molecule has 1 unspecified atom stereocenters. The first kappa shape index (κ1) is 18.8. The van der Waals surface area contributed by atoms with E-state index in [0.29, 0.717) is 13.0 Å². The summed E-state index contributed by atoms with van der Waals surface area (Å²) in [7, 11) is 0.976. The van der Waals surface area contributed by atoms with Gasteiger partial charge in [0.25, 0.3) is 0 Å². The molecule has 0 aromatic rings. The zero-order chi connectivity index (χ0) is 14.5. The molecule has 0 fully saturated rings. The molecule has 1 amide bonds. The molecule has 0 saturated carbocycles. The first-order valence-corrected chi connectivity index (χ1v) is 8.86. The van der Waals surface area contributed by atoms with Crippen LogP contribution in [0.2, 0.25) is 0 Å². The van der Waals surface area contributed by atoms with Gasteiger partial charge in [0.05, 0.1) is 6.04 Å². The van der Waals surface area contributed by atoms with E-state index in [1.807, 2.05) is 0 Å². The summed E-state index contributed by atoms with van der Waals surface area (Å²) in [5.74, 6) is -0.0573. The van der Waals surface area contributed by atoms with Gasteiger partial charge < -0.3 is 11.1 Å². The van der Waals surface area contributed by atoms with Crippen LogP contribution in [0.15, 0.2) is 0 Å². The Morgan fingerprint density at radius 1 is 1.21 bits per heavy atom. The van der Waals surface area contributed by atoms with Crippen molar-refractivity contribution in [2.24, 2.45) is 5.73 Å². The summed E-state index contributed by atoms with van der Waals surface area (Å²) in [5.41, 5.74) is 5.79. The van der Waals surface area contributed by atoms with E-state index in [9.17, 15) is 9.59 Å². The highest BCUT2D eigenvalue weighted by Crippen LogP contribution is 2.12. The molecule has 0 rings (SSSR count). The van der Waals surface area contributed by atoms with E-state index >= 15 is 0 Å². The number of rotatable bonds is 11. The van der Waals surface area contributed by atoms with Gasteiger partial charge >= 0.3 is 0 Å². The molecule has 0 saturated heterocycles. The number of nitrogens with one attached hydrogen (secondary N) is 1. The van der Waals surface area contributed by atoms with Crippen molar-refractivity contribution in [2.75, 3.05) is 6.54 Å². The summed E-state index contributed by atoms with van der Waals surface area (Å²) in [4.78, 5) is 22.6. The van der Waals surface area contributed by atoms with Crippen LogP contribution in [0.25, 0.3) is 0 Å². The van der Waals surface area contributed by atoms with Crippen molar-refractivity contribution in [1.82, 2.24) is 5.32 Å². The summed E-state index contributed by atoms with van der Waals surface area (Å²) in [6, 6.07) is -0.381. The van der Waals surface area contributed by atoms with Crippen molar-refractivity contribution in [2.45, 2.75) is 64.3 Å². The maximum Gasteiger partial charge on any atom is 0.236 e. The molecular weight excluding hydrogens is 280 g/mol. The molecule has 0 aliphatic rings. The molecule has 0 aliphatic heterocycles. The third-order valence-electron chi connectivity index (χ3n) is 2.91. The Labute approximate surface area is 125 Å². The molecule has 0 aromatic heterocycles. The predicted octanol–water partition coefficient (Wildman–Crippen LogP) is 2.68. The number of hydrogen-bond donors (Lipinski definition) is 3. The summed E-state index contributed by atoms with van der Waals surface area (Å²) in [6.45, 7) is 2.77. The van der Waals surface area contributed by atoms with Gasteiger partial charge in [-0.25, -0.2) is 0 Å². The fourth-order valence-electron chi connectivity index (χ4n) is 1.70. The van der Waals surface area contributed by atoms with Crippen molar-refractivity contribution in [3.63, 3.8) is 0 Å². The summed E-state index contributed by atoms with van der Waals surface area (Å²) in [5, 5.41) is 2.94. The topological polar surface area (TPSA) is 72.2 Å². The number of amides is 1. The van der Waals surface area contributed by atoms with E-state index in [0.717, 1.165) is 55.7 Å². The summed E-state index contributed by atoms with van der Waals surface area (Å²) >= 11 is 3.84. The smallest absolute Gasteiger partial charge is 0.236 e. The molecule has 4 nitrogen and oxygen atoms in total. The first-order valence-electron chi connectivity index (χ1n) is 6.99. The monoisotopic (exact) mass is 306 g/mol. The van der Waals surface area contributed by atoms with Crippen LogP contribution in [-0.4, -0.2) is 23.6 Å². The number of hydrogen-bond acceptors (Lipinski definition) is 5. The molecule has 0 aromatic carbocycles. The van der Waals surface area contributed by atoms with Gasteiger partial charge in [-0.2, -0.15) is 0 Å². The maximum absolute atomic E-state index is 11.6. The van der Waals surface area contributed by atoms with Crippen LogP contribution in [0.1, 0.15) is 58.3 Å². The molecule has 0 aliphatic carbocycles. The van der Waals surface area contributed by atoms with Crippen LogP contribution in [-0.2, 0) is 9.59 Å². The molecule has 19 heavy (non-hydrogen) atoms. The second kappa shape index (κ2) is 12.8. The minimum atomic E-state index is -0.381. The van der Waals surface area contributed by atoms with Gasteiger partial charge in [0, 0.05) is 13.0 Å². The summed E-state index contributed by atoms with van der Waals surface area (Å²) in [6.07, 6.45) is 7.25. The largest absolute Gasteiger partial charge is 0.355 e. The second-order valence-corrected chi connectivity index (χ2v) is 5.85. The van der Waals surface area contributed by atoms with Crippen molar-refractivity contribution in [3.05, 3.63) is 0 Å². The normalized spacial score (nSPS) is 12.2. The molecule has 112 valence electrons. The van der Waals surface area contributed by atoms with Gasteiger partial charge in [0.15, 0.2) is 5.12 Å². The maximum atomic E-state index is 11.6. The average molecular weight is 306 g/mol. The van der Waals surface area contributed by atoms with Gasteiger partial charge in [0.1, 0.15) is 0 Å². The van der Waals surface area contributed by atoms with Gasteiger partial charge in [-0.05, 0) is 30.1 Å². The Morgan fingerprint density at radius 2 is 1.95 bits per heavy atom. The Bertz CT molecular complexity index is 263. The lowest BCUT2D eigenvalue weighted by atomic mass is 10.1. The molecular formula is C13H26N2O2S2. The van der Waals surface area contributed by atoms with Crippen molar-refractivity contribution >= 4 is 33.5 Å². The van der Waals surface area contributed by atoms with Crippen LogP contribution >= 0.6 is 22.5 Å². The lowest BCUT2D eigenvalue weighted by molar-refractivity contribution is -0.122. The molecule has 0 spiro atoms. The molecule has 0 bridgehead atoms. The van der Waals surface area contributed by atoms with Crippen molar-refractivity contribution < 1.29 is 9.59 Å². The number of carbonyl (C=O) groups is 2. The predicted molar refractivity (Wildman–Crippen MR) is 85.2 cm³/mol. The zero-order valence-corrected chi connectivity index (χ0v) is 13.4. The van der Waals surface area contributed by atoms with Gasteiger partial charge in [-0.3, -0.25) is 9.59 Å². The van der Waals surface area contributed by atoms with E-state index in [4.69, 9.17) is 5.73 Å². The SMILES string of the molecule is CCCCCC(N)C(=O)NCCCCCC(=O)SS. The minimum absolute atomic E-state index is 0.0573. The Balaban J connectivity index is 3.44. The lowest BCUT2D eigenvalue weighted by Gasteiger charge is -2.11. The zero-order valence-electron chi connectivity index (χ0n) is 11.7. The number of unbranched alkanes of at least 4 members (excludes halogenated alkanes) is 4. The highest BCUT2D eigenvalue weighted by molar-refractivity contribution is 8.74. The summed E-state index contributed by atoms with van der Waals surface area (Å²) < 4.78 is 0. The fraction of sp³-hybridized carbons (Fsp3) is 0.846. The number of nitrogens with two attached hydrogens (primary N) is 1. The molecule has 6 heteroatoms. The van der Waals surface area contributed by atoms with Crippen LogP contribution in [0.5, 0.6) is 0 Å². The van der Waals surface area contributed by atoms with E-state index in [1.54, 1.807) is 0 Å². The van der Waals surface area contributed by atoms with Crippen molar-refractivity contribution in [1.29, 1.82) is 0 Å². The van der Waals surface area contributed by atoms with Gasteiger partial charge in [-0.15, -0.1) is 11.7 Å². The van der Waals surface area contributed by atoms with E-state index in [2.05, 4.69) is 23.9 Å². The number of carbonyl (C=O) groups excluding carboxylic acids is 2. The van der Waals surface area contributed by atoms with E-state index in [1.165, 1.54) is 0 Å². The average Bonchev–Trinajstić information content (AvgIpc) is 2.42.